The van der Waals surface area contributed by atoms with E-state index in [1.807, 2.05) is 0 Å². The summed E-state index contributed by atoms with van der Waals surface area (Å²) in [6, 6.07) is 0. The van der Waals surface area contributed by atoms with Gasteiger partial charge in [-0.05, 0) is 0 Å². The highest BCUT2D eigenvalue weighted by Crippen LogP contribution is 1.76. The van der Waals surface area contributed by atoms with Gasteiger partial charge in [-0.3, -0.25) is 10.2 Å². The van der Waals surface area contributed by atoms with E-state index in [-0.39, 0.29) is 5.91 Å². The van der Waals surface area contributed by atoms with E-state index >= 15 is 0 Å². The Balaban J connectivity index is 2.72. The average molecular weight is 156 g/mol. The molecule has 0 aromatic carbocycles. The monoisotopic (exact) mass is 156 g/mol. The molecule has 60 valence electrons. The summed E-state index contributed by atoms with van der Waals surface area (Å²) in [5.74, 6) is -0.228. The lowest BCUT2D eigenvalue weighted by atomic mass is 10.5. The Morgan fingerprint density at radius 3 is 3.09 bits per heavy atom. The SMILES string of the molecule is CCC(=O)Nn1cn[nH]c1=O. The number of carbonyl (C=O) groups excluding carboxylic acids is 1. The maximum Gasteiger partial charge on any atom is 0.362 e. The van der Waals surface area contributed by atoms with Crippen LogP contribution in [-0.2, 0) is 4.79 Å². The van der Waals surface area contributed by atoms with E-state index < -0.39 is 5.69 Å². The molecular weight excluding hydrogens is 148 g/mol. The molecule has 0 aliphatic heterocycles. The van der Waals surface area contributed by atoms with Gasteiger partial charge in [-0.2, -0.15) is 9.77 Å². The zero-order valence-electron chi connectivity index (χ0n) is 6.00. The molecule has 0 radical (unpaired) electrons. The first-order chi connectivity index (χ1) is 5.24. The molecule has 1 amide bonds. The van der Waals surface area contributed by atoms with Crippen molar-refractivity contribution in [2.75, 3.05) is 5.43 Å². The van der Waals surface area contributed by atoms with Gasteiger partial charge >= 0.3 is 5.69 Å². The number of aromatic amines is 1. The second kappa shape index (κ2) is 3.00. The fourth-order valence-electron chi connectivity index (χ4n) is 0.541. The van der Waals surface area contributed by atoms with Crippen molar-refractivity contribution in [1.29, 1.82) is 0 Å². The van der Waals surface area contributed by atoms with Gasteiger partial charge in [0, 0.05) is 6.42 Å². The predicted molar refractivity (Wildman–Crippen MR) is 37.5 cm³/mol. The van der Waals surface area contributed by atoms with Gasteiger partial charge in [0.15, 0.2) is 0 Å². The van der Waals surface area contributed by atoms with Crippen LogP contribution in [0.5, 0.6) is 0 Å². The number of H-pyrrole nitrogens is 1. The van der Waals surface area contributed by atoms with Crippen molar-refractivity contribution in [1.82, 2.24) is 14.9 Å². The maximum absolute atomic E-state index is 10.7. The van der Waals surface area contributed by atoms with Crippen LogP contribution in [0, 0.1) is 0 Å². The normalized spacial score (nSPS) is 9.55. The smallest absolute Gasteiger partial charge is 0.273 e. The first kappa shape index (κ1) is 7.52. The lowest BCUT2D eigenvalue weighted by Gasteiger charge is -1.98. The van der Waals surface area contributed by atoms with Crippen molar-refractivity contribution >= 4 is 5.91 Å². The van der Waals surface area contributed by atoms with Gasteiger partial charge in [-0.25, -0.2) is 9.89 Å². The van der Waals surface area contributed by atoms with Gasteiger partial charge in [0.05, 0.1) is 0 Å². The summed E-state index contributed by atoms with van der Waals surface area (Å²) in [4.78, 5) is 21.4. The predicted octanol–water partition coefficient (Wildman–Crippen LogP) is -0.949. The van der Waals surface area contributed by atoms with Crippen LogP contribution >= 0.6 is 0 Å². The van der Waals surface area contributed by atoms with E-state index in [0.717, 1.165) is 4.68 Å². The summed E-state index contributed by atoms with van der Waals surface area (Å²) in [6.07, 6.45) is 1.54. The highest BCUT2D eigenvalue weighted by atomic mass is 16.2. The summed E-state index contributed by atoms with van der Waals surface area (Å²) >= 11 is 0. The minimum Gasteiger partial charge on any atom is -0.273 e. The Kier molecular flexibility index (Phi) is 2.05. The number of hydrogen-bond donors (Lipinski definition) is 2. The van der Waals surface area contributed by atoms with Crippen molar-refractivity contribution in [2.45, 2.75) is 13.3 Å². The van der Waals surface area contributed by atoms with E-state index in [9.17, 15) is 9.59 Å². The van der Waals surface area contributed by atoms with E-state index in [0.29, 0.717) is 6.42 Å². The first-order valence-electron chi connectivity index (χ1n) is 3.16. The number of carbonyl (C=O) groups is 1. The summed E-state index contributed by atoms with van der Waals surface area (Å²) in [7, 11) is 0. The molecule has 1 rings (SSSR count). The third-order valence-electron chi connectivity index (χ3n) is 1.12. The minimum atomic E-state index is -0.452. The Morgan fingerprint density at radius 1 is 1.91 bits per heavy atom. The summed E-state index contributed by atoms with van der Waals surface area (Å²) in [6.45, 7) is 1.69. The fraction of sp³-hybridized carbons (Fsp3) is 0.400. The zero-order valence-corrected chi connectivity index (χ0v) is 6.00. The summed E-state index contributed by atoms with van der Waals surface area (Å²) < 4.78 is 0.992. The van der Waals surface area contributed by atoms with Crippen molar-refractivity contribution < 1.29 is 4.79 Å². The highest BCUT2D eigenvalue weighted by Gasteiger charge is 1.99. The standard InChI is InChI=1S/C5H8N4O2/c1-2-4(10)8-9-3-6-7-5(9)11/h3H,2H2,1H3,(H,7,11)(H,8,10). The van der Waals surface area contributed by atoms with Gasteiger partial charge in [-0.15, -0.1) is 0 Å². The van der Waals surface area contributed by atoms with Crippen LogP contribution < -0.4 is 11.1 Å². The number of nitrogens with zero attached hydrogens (tertiary/aromatic N) is 2. The summed E-state index contributed by atoms with van der Waals surface area (Å²) in [5, 5.41) is 5.56. The number of rotatable bonds is 2. The van der Waals surface area contributed by atoms with E-state index in [4.69, 9.17) is 0 Å². The van der Waals surface area contributed by atoms with Crippen LogP contribution in [-0.4, -0.2) is 20.8 Å². The number of amides is 1. The molecule has 0 bridgehead atoms. The molecule has 11 heavy (non-hydrogen) atoms. The molecule has 0 saturated carbocycles. The molecule has 0 fully saturated rings. The van der Waals surface area contributed by atoms with Gasteiger partial charge in [0.2, 0.25) is 5.91 Å². The molecule has 6 nitrogen and oxygen atoms in total. The fourth-order valence-corrected chi connectivity index (χ4v) is 0.541. The number of nitrogens with one attached hydrogen (secondary N) is 2. The third-order valence-corrected chi connectivity index (χ3v) is 1.12. The average Bonchev–Trinajstić information content (AvgIpc) is 2.37. The third kappa shape index (κ3) is 1.66. The van der Waals surface area contributed by atoms with Gasteiger partial charge in [-0.1, -0.05) is 6.92 Å². The molecule has 1 aromatic heterocycles. The van der Waals surface area contributed by atoms with E-state index in [1.54, 1.807) is 6.92 Å². The van der Waals surface area contributed by atoms with E-state index in [1.165, 1.54) is 6.33 Å². The first-order valence-corrected chi connectivity index (χ1v) is 3.16. The van der Waals surface area contributed by atoms with Gasteiger partial charge in [0.25, 0.3) is 0 Å². The lowest BCUT2D eigenvalue weighted by Crippen LogP contribution is -2.30. The van der Waals surface area contributed by atoms with Crippen LogP contribution in [0.2, 0.25) is 0 Å². The maximum atomic E-state index is 10.7. The molecule has 0 unspecified atom stereocenters. The number of hydrogen-bond acceptors (Lipinski definition) is 3. The second-order valence-electron chi connectivity index (χ2n) is 1.92. The summed E-state index contributed by atoms with van der Waals surface area (Å²) in [5.41, 5.74) is 1.86. The van der Waals surface area contributed by atoms with Crippen molar-refractivity contribution in [3.63, 3.8) is 0 Å². The van der Waals surface area contributed by atoms with Crippen LogP contribution in [0.25, 0.3) is 0 Å². The number of aromatic nitrogens is 3. The Bertz CT molecular complexity index is 299. The molecule has 2 N–H and O–H groups in total. The molecule has 0 saturated heterocycles. The molecule has 6 heteroatoms. The van der Waals surface area contributed by atoms with Crippen LogP contribution in [0.3, 0.4) is 0 Å². The largest absolute Gasteiger partial charge is 0.362 e. The Morgan fingerprint density at radius 2 is 2.64 bits per heavy atom. The highest BCUT2D eigenvalue weighted by molar-refractivity contribution is 5.83. The van der Waals surface area contributed by atoms with Crippen molar-refractivity contribution in [3.8, 4) is 0 Å². The van der Waals surface area contributed by atoms with Crippen LogP contribution in [0.1, 0.15) is 13.3 Å². The zero-order chi connectivity index (χ0) is 8.27. The molecule has 1 heterocycles. The van der Waals surface area contributed by atoms with Crippen molar-refractivity contribution in [3.05, 3.63) is 16.8 Å². The molecular formula is C5H8N4O2. The van der Waals surface area contributed by atoms with Crippen LogP contribution in [0.4, 0.5) is 0 Å². The van der Waals surface area contributed by atoms with Gasteiger partial charge in [0.1, 0.15) is 6.33 Å². The molecule has 0 aliphatic carbocycles. The Hall–Kier alpha value is -1.59. The Labute approximate surface area is 62.2 Å². The molecule has 1 aromatic rings. The minimum absolute atomic E-state index is 0.228. The molecule has 0 spiro atoms. The molecule has 0 aliphatic rings. The quantitative estimate of drug-likeness (QED) is 0.579. The van der Waals surface area contributed by atoms with Gasteiger partial charge < -0.3 is 0 Å². The lowest BCUT2D eigenvalue weighted by molar-refractivity contribution is -0.116. The van der Waals surface area contributed by atoms with E-state index in [2.05, 4.69) is 15.6 Å². The topological polar surface area (TPSA) is 79.8 Å². The van der Waals surface area contributed by atoms with Crippen LogP contribution in [0.15, 0.2) is 11.1 Å². The van der Waals surface area contributed by atoms with Crippen molar-refractivity contribution in [2.24, 2.45) is 0 Å². The molecule has 0 atom stereocenters. The second-order valence-corrected chi connectivity index (χ2v) is 1.92.